The molecule has 1 saturated heterocycles. The lowest BCUT2D eigenvalue weighted by Crippen LogP contribution is -2.46. The first-order valence-electron chi connectivity index (χ1n) is 9.44. The first kappa shape index (κ1) is 22.4. The second-order valence-corrected chi connectivity index (χ2v) is 8.91. The first-order valence-corrected chi connectivity index (χ1v) is 11.0. The number of ether oxygens (including phenoxy) is 1. The minimum Gasteiger partial charge on any atom is -0.482 e. The number of rotatable bonds is 4. The molecule has 2 aromatic carbocycles. The molecule has 1 amide bonds. The maximum absolute atomic E-state index is 11.7. The largest absolute Gasteiger partial charge is 0.482 e. The van der Waals surface area contributed by atoms with Crippen molar-refractivity contribution >= 4 is 39.7 Å². The summed E-state index contributed by atoms with van der Waals surface area (Å²) in [6.45, 7) is 4.39. The normalized spacial score (nSPS) is 17.2. The standard InChI is InChI=1S/C20H24N4O4S.ClH/c1-22-18-7-2-15(12-19(18)28-14-20(22)25)13-23-8-10-24(11-9-23)16-3-5-17(6-4-16)29(21,26)27;/h2-7,12H,8-11,13-14H2,1H3,(H2,21,26,27);1H. The number of nitrogens with two attached hydrogens (primary N) is 1. The van der Waals surface area contributed by atoms with Crippen molar-refractivity contribution in [3.63, 3.8) is 0 Å². The Morgan fingerprint density at radius 3 is 2.33 bits per heavy atom. The summed E-state index contributed by atoms with van der Waals surface area (Å²) in [6, 6.07) is 12.7. The quantitative estimate of drug-likeness (QED) is 0.754. The van der Waals surface area contributed by atoms with Crippen LogP contribution in [0.5, 0.6) is 5.75 Å². The summed E-state index contributed by atoms with van der Waals surface area (Å²) < 4.78 is 28.4. The van der Waals surface area contributed by atoms with E-state index in [0.29, 0.717) is 0 Å². The minimum absolute atomic E-state index is 0. The van der Waals surface area contributed by atoms with E-state index in [1.165, 1.54) is 0 Å². The summed E-state index contributed by atoms with van der Waals surface area (Å²) in [4.78, 5) is 18.1. The molecule has 1 fully saturated rings. The van der Waals surface area contributed by atoms with Gasteiger partial charge in [0.2, 0.25) is 10.0 Å². The van der Waals surface area contributed by atoms with Crippen molar-refractivity contribution in [3.05, 3.63) is 48.0 Å². The Kier molecular flexibility index (Phi) is 6.56. The number of amides is 1. The third kappa shape index (κ3) is 4.70. The van der Waals surface area contributed by atoms with Gasteiger partial charge in [0.15, 0.2) is 6.61 Å². The predicted molar refractivity (Wildman–Crippen MR) is 118 cm³/mol. The Morgan fingerprint density at radius 1 is 1.03 bits per heavy atom. The number of nitrogens with zero attached hydrogens (tertiary/aromatic N) is 3. The maximum Gasteiger partial charge on any atom is 0.264 e. The summed E-state index contributed by atoms with van der Waals surface area (Å²) in [7, 11) is -1.90. The molecule has 0 bridgehead atoms. The number of carbonyl (C=O) groups is 1. The van der Waals surface area contributed by atoms with E-state index in [-0.39, 0.29) is 29.8 Å². The third-order valence-electron chi connectivity index (χ3n) is 5.42. The molecule has 2 aliphatic rings. The highest BCUT2D eigenvalue weighted by atomic mass is 35.5. The zero-order chi connectivity index (χ0) is 20.6. The molecule has 30 heavy (non-hydrogen) atoms. The van der Waals surface area contributed by atoms with Crippen molar-refractivity contribution in [2.24, 2.45) is 5.14 Å². The second-order valence-electron chi connectivity index (χ2n) is 7.35. The number of carbonyl (C=O) groups excluding carboxylic acids is 1. The van der Waals surface area contributed by atoms with Gasteiger partial charge in [-0.25, -0.2) is 13.6 Å². The van der Waals surface area contributed by atoms with E-state index in [9.17, 15) is 13.2 Å². The van der Waals surface area contributed by atoms with Gasteiger partial charge in [0, 0.05) is 45.5 Å². The maximum atomic E-state index is 11.7. The van der Waals surface area contributed by atoms with Gasteiger partial charge in [0.05, 0.1) is 10.6 Å². The summed E-state index contributed by atoms with van der Waals surface area (Å²) in [6.07, 6.45) is 0. The van der Waals surface area contributed by atoms with Crippen LogP contribution in [0.4, 0.5) is 11.4 Å². The van der Waals surface area contributed by atoms with Gasteiger partial charge in [-0.3, -0.25) is 9.69 Å². The summed E-state index contributed by atoms with van der Waals surface area (Å²) >= 11 is 0. The molecule has 0 spiro atoms. The number of halogens is 1. The number of fused-ring (bicyclic) bond motifs is 1. The van der Waals surface area contributed by atoms with E-state index < -0.39 is 10.0 Å². The number of piperazine rings is 1. The van der Waals surface area contributed by atoms with Gasteiger partial charge in [0.1, 0.15) is 5.75 Å². The van der Waals surface area contributed by atoms with Crippen LogP contribution in [0.2, 0.25) is 0 Å². The zero-order valence-electron chi connectivity index (χ0n) is 16.7. The van der Waals surface area contributed by atoms with E-state index in [4.69, 9.17) is 9.88 Å². The van der Waals surface area contributed by atoms with Gasteiger partial charge in [0.25, 0.3) is 5.91 Å². The van der Waals surface area contributed by atoms with Crippen LogP contribution in [0.25, 0.3) is 0 Å². The number of primary sulfonamides is 1. The van der Waals surface area contributed by atoms with E-state index >= 15 is 0 Å². The molecule has 10 heteroatoms. The molecule has 0 radical (unpaired) electrons. The topological polar surface area (TPSA) is 96.2 Å². The molecule has 0 saturated carbocycles. The average molecular weight is 453 g/mol. The van der Waals surface area contributed by atoms with Crippen LogP contribution in [0.1, 0.15) is 5.56 Å². The fourth-order valence-electron chi connectivity index (χ4n) is 3.69. The lowest BCUT2D eigenvalue weighted by molar-refractivity contribution is -0.120. The SMILES string of the molecule is CN1C(=O)COc2cc(CN3CCN(c4ccc(S(N)(=O)=O)cc4)CC3)ccc21.Cl. The minimum atomic E-state index is -3.67. The molecule has 4 rings (SSSR count). The fraction of sp³-hybridized carbons (Fsp3) is 0.350. The summed E-state index contributed by atoms with van der Waals surface area (Å²) in [5.74, 6) is 0.705. The van der Waals surface area contributed by atoms with Crippen molar-refractivity contribution < 1.29 is 17.9 Å². The molecule has 2 heterocycles. The summed E-state index contributed by atoms with van der Waals surface area (Å²) in [5, 5.41) is 5.16. The van der Waals surface area contributed by atoms with E-state index in [2.05, 4.69) is 9.80 Å². The highest BCUT2D eigenvalue weighted by molar-refractivity contribution is 7.89. The highest BCUT2D eigenvalue weighted by Gasteiger charge is 2.23. The highest BCUT2D eigenvalue weighted by Crippen LogP contribution is 2.32. The van der Waals surface area contributed by atoms with E-state index in [1.54, 1.807) is 36.2 Å². The third-order valence-corrected chi connectivity index (χ3v) is 6.35. The number of likely N-dealkylation sites (N-methyl/N-ethyl adjacent to an activating group) is 1. The number of hydrogen-bond donors (Lipinski definition) is 1. The van der Waals surface area contributed by atoms with Crippen molar-refractivity contribution in [1.29, 1.82) is 0 Å². The summed E-state index contributed by atoms with van der Waals surface area (Å²) in [5.41, 5.74) is 2.95. The van der Waals surface area contributed by atoms with Crippen molar-refractivity contribution in [1.82, 2.24) is 4.90 Å². The molecular weight excluding hydrogens is 428 g/mol. The van der Waals surface area contributed by atoms with Gasteiger partial charge in [-0.15, -0.1) is 12.4 Å². The molecule has 2 aromatic rings. The molecule has 0 aliphatic carbocycles. The van der Waals surface area contributed by atoms with Gasteiger partial charge < -0.3 is 14.5 Å². The Morgan fingerprint density at radius 2 is 1.70 bits per heavy atom. The molecular formula is C20H25ClN4O4S. The van der Waals surface area contributed by atoms with E-state index in [0.717, 1.165) is 55.4 Å². The van der Waals surface area contributed by atoms with Crippen LogP contribution in [0.15, 0.2) is 47.4 Å². The van der Waals surface area contributed by atoms with E-state index in [1.807, 2.05) is 18.2 Å². The number of anilines is 2. The lowest BCUT2D eigenvalue weighted by atomic mass is 10.1. The molecule has 2 aliphatic heterocycles. The lowest BCUT2D eigenvalue weighted by Gasteiger charge is -2.36. The smallest absolute Gasteiger partial charge is 0.264 e. The van der Waals surface area contributed by atoms with Crippen LogP contribution in [-0.2, 0) is 21.4 Å². The number of benzene rings is 2. The average Bonchev–Trinajstić information content (AvgIpc) is 2.71. The molecule has 8 nitrogen and oxygen atoms in total. The van der Waals surface area contributed by atoms with Crippen LogP contribution in [0, 0.1) is 0 Å². The molecule has 2 N–H and O–H groups in total. The molecule has 0 atom stereocenters. The fourth-order valence-corrected chi connectivity index (χ4v) is 4.20. The Balaban J connectivity index is 0.00000256. The van der Waals surface area contributed by atoms with Crippen LogP contribution in [-0.4, -0.2) is 59.1 Å². The van der Waals surface area contributed by atoms with Gasteiger partial charge >= 0.3 is 0 Å². The second kappa shape index (κ2) is 8.81. The number of hydrogen-bond acceptors (Lipinski definition) is 6. The monoisotopic (exact) mass is 452 g/mol. The molecule has 162 valence electrons. The Labute approximate surface area is 182 Å². The Hall–Kier alpha value is -2.33. The number of sulfonamides is 1. The van der Waals surface area contributed by atoms with Gasteiger partial charge in [-0.1, -0.05) is 6.07 Å². The Bertz CT molecular complexity index is 1020. The van der Waals surface area contributed by atoms with Gasteiger partial charge in [-0.2, -0.15) is 0 Å². The van der Waals surface area contributed by atoms with Crippen molar-refractivity contribution in [2.75, 3.05) is 49.6 Å². The zero-order valence-corrected chi connectivity index (χ0v) is 18.3. The molecule has 0 aromatic heterocycles. The molecule has 0 unspecified atom stereocenters. The van der Waals surface area contributed by atoms with Crippen molar-refractivity contribution in [2.45, 2.75) is 11.4 Å². The van der Waals surface area contributed by atoms with Crippen LogP contribution in [0.3, 0.4) is 0 Å². The van der Waals surface area contributed by atoms with Crippen LogP contribution < -0.4 is 19.7 Å². The van der Waals surface area contributed by atoms with Crippen molar-refractivity contribution in [3.8, 4) is 5.75 Å². The van der Waals surface area contributed by atoms with Crippen LogP contribution >= 0.6 is 12.4 Å². The predicted octanol–water partition coefficient (Wildman–Crippen LogP) is 1.43. The van der Waals surface area contributed by atoms with Gasteiger partial charge in [-0.05, 0) is 42.0 Å². The first-order chi connectivity index (χ1) is 13.8.